The lowest BCUT2D eigenvalue weighted by Crippen LogP contribution is -2.27. The van der Waals surface area contributed by atoms with E-state index in [0.717, 1.165) is 0 Å². The van der Waals surface area contributed by atoms with Crippen molar-refractivity contribution in [2.24, 2.45) is 9.98 Å². The van der Waals surface area contributed by atoms with Crippen LogP contribution in [0.2, 0.25) is 0 Å². The van der Waals surface area contributed by atoms with E-state index in [1.165, 1.54) is 0 Å². The van der Waals surface area contributed by atoms with Crippen molar-refractivity contribution in [2.75, 3.05) is 5.32 Å². The van der Waals surface area contributed by atoms with E-state index in [2.05, 4.69) is 15.3 Å². The van der Waals surface area contributed by atoms with Crippen molar-refractivity contribution in [3.8, 4) is 0 Å². The molecule has 3 amide bonds. The van der Waals surface area contributed by atoms with Gasteiger partial charge in [0, 0.05) is 5.56 Å². The standard InChI is InChI=1S/C14H9N3O2/c18-13(9-5-2-1-3-6-9)15-10-7-4-8-11-12(10)17-14(19)16-11/h1-8H,(H,15,18). The normalized spacial score (nSPS) is 12.3. The Labute approximate surface area is 108 Å². The highest BCUT2D eigenvalue weighted by Crippen LogP contribution is 2.04. The average Bonchev–Trinajstić information content (AvgIpc) is 2.81. The molecule has 0 bridgehead atoms. The summed E-state index contributed by atoms with van der Waals surface area (Å²) in [6.07, 6.45) is 0. The number of nitrogens with one attached hydrogen (secondary N) is 1. The second-order valence-corrected chi connectivity index (χ2v) is 4.00. The molecule has 0 atom stereocenters. The van der Waals surface area contributed by atoms with Crippen LogP contribution in [0.1, 0.15) is 10.4 Å². The SMILES string of the molecule is O=C1N=c2cccc(NC(=O)c3ccccc3)c2=N1. The Bertz CT molecular complexity index is 782. The van der Waals surface area contributed by atoms with Gasteiger partial charge in [-0.3, -0.25) is 4.79 Å². The summed E-state index contributed by atoms with van der Waals surface area (Å²) in [5.74, 6) is -0.247. The number of para-hydroxylation sites is 1. The fourth-order valence-corrected chi connectivity index (χ4v) is 1.85. The fraction of sp³-hybridized carbons (Fsp3) is 0. The number of rotatable bonds is 2. The first-order valence-electron chi connectivity index (χ1n) is 5.71. The molecule has 3 rings (SSSR count). The number of hydrogen-bond donors (Lipinski definition) is 1. The molecule has 5 nitrogen and oxygen atoms in total. The van der Waals surface area contributed by atoms with E-state index >= 15 is 0 Å². The Balaban J connectivity index is 1.97. The summed E-state index contributed by atoms with van der Waals surface area (Å²) in [4.78, 5) is 30.7. The third-order valence-corrected chi connectivity index (χ3v) is 2.72. The first-order chi connectivity index (χ1) is 9.24. The molecule has 0 saturated carbocycles. The predicted octanol–water partition coefficient (Wildman–Crippen LogP) is 1.31. The van der Waals surface area contributed by atoms with Crippen molar-refractivity contribution in [1.29, 1.82) is 0 Å². The first-order valence-corrected chi connectivity index (χ1v) is 5.71. The van der Waals surface area contributed by atoms with Crippen molar-refractivity contribution in [1.82, 2.24) is 0 Å². The van der Waals surface area contributed by atoms with Crippen LogP contribution in [0.25, 0.3) is 0 Å². The van der Waals surface area contributed by atoms with E-state index in [9.17, 15) is 9.59 Å². The number of nitrogens with zero attached hydrogens (tertiary/aromatic N) is 2. The van der Waals surface area contributed by atoms with Crippen LogP contribution in [-0.4, -0.2) is 11.9 Å². The van der Waals surface area contributed by atoms with Crippen LogP contribution in [0.3, 0.4) is 0 Å². The lowest BCUT2D eigenvalue weighted by Gasteiger charge is -2.04. The van der Waals surface area contributed by atoms with Crippen molar-refractivity contribution in [3.05, 3.63) is 64.8 Å². The van der Waals surface area contributed by atoms with Crippen molar-refractivity contribution >= 4 is 17.6 Å². The van der Waals surface area contributed by atoms with Crippen molar-refractivity contribution in [3.63, 3.8) is 0 Å². The molecule has 92 valence electrons. The zero-order chi connectivity index (χ0) is 13.2. The molecule has 0 spiro atoms. The number of fused-ring (bicyclic) bond motifs is 1. The molecule has 19 heavy (non-hydrogen) atoms. The van der Waals surface area contributed by atoms with Gasteiger partial charge in [0.1, 0.15) is 5.36 Å². The smallest absolute Gasteiger partial charge is 0.320 e. The summed E-state index contributed by atoms with van der Waals surface area (Å²) >= 11 is 0. The molecule has 0 aliphatic carbocycles. The highest BCUT2D eigenvalue weighted by atomic mass is 16.2. The summed E-state index contributed by atoms with van der Waals surface area (Å²) in [5, 5.41) is 3.63. The average molecular weight is 251 g/mol. The monoisotopic (exact) mass is 251 g/mol. The number of benzene rings is 2. The highest BCUT2D eigenvalue weighted by Gasteiger charge is 2.11. The number of urea groups is 1. The van der Waals surface area contributed by atoms with E-state index in [1.54, 1.807) is 42.5 Å². The van der Waals surface area contributed by atoms with Crippen LogP contribution >= 0.6 is 0 Å². The zero-order valence-corrected chi connectivity index (χ0v) is 9.83. The van der Waals surface area contributed by atoms with Gasteiger partial charge >= 0.3 is 6.03 Å². The molecule has 2 aromatic carbocycles. The highest BCUT2D eigenvalue weighted by molar-refractivity contribution is 6.04. The Kier molecular flexibility index (Phi) is 2.64. The Morgan fingerprint density at radius 1 is 0.947 bits per heavy atom. The third-order valence-electron chi connectivity index (χ3n) is 2.72. The largest absolute Gasteiger partial charge is 0.368 e. The van der Waals surface area contributed by atoms with Gasteiger partial charge in [-0.1, -0.05) is 24.3 Å². The second-order valence-electron chi connectivity index (χ2n) is 4.00. The third kappa shape index (κ3) is 2.13. The number of amides is 3. The van der Waals surface area contributed by atoms with Crippen LogP contribution < -0.4 is 16.0 Å². The zero-order valence-electron chi connectivity index (χ0n) is 9.83. The Hall–Kier alpha value is -2.82. The van der Waals surface area contributed by atoms with E-state index in [-0.39, 0.29) is 5.91 Å². The van der Waals surface area contributed by atoms with Crippen LogP contribution in [-0.2, 0) is 0 Å². The summed E-state index contributed by atoms with van der Waals surface area (Å²) < 4.78 is 0. The fourth-order valence-electron chi connectivity index (χ4n) is 1.85. The molecule has 0 aromatic heterocycles. The van der Waals surface area contributed by atoms with Gasteiger partial charge < -0.3 is 5.32 Å². The minimum atomic E-state index is -0.545. The molecular weight excluding hydrogens is 242 g/mol. The molecule has 1 heterocycles. The maximum atomic E-state index is 12.0. The number of anilines is 1. The molecule has 5 heteroatoms. The van der Waals surface area contributed by atoms with Crippen LogP contribution in [0.4, 0.5) is 10.5 Å². The van der Waals surface area contributed by atoms with Crippen LogP contribution in [0.15, 0.2) is 58.5 Å². The number of carbonyl (C=O) groups excluding carboxylic acids is 2. The summed E-state index contributed by atoms with van der Waals surface area (Å²) in [7, 11) is 0. The van der Waals surface area contributed by atoms with Gasteiger partial charge in [-0.2, -0.15) is 9.98 Å². The molecule has 0 radical (unpaired) electrons. The van der Waals surface area contributed by atoms with E-state index in [0.29, 0.717) is 22.0 Å². The Morgan fingerprint density at radius 3 is 2.53 bits per heavy atom. The van der Waals surface area contributed by atoms with Crippen LogP contribution in [0, 0.1) is 0 Å². The van der Waals surface area contributed by atoms with E-state index in [4.69, 9.17) is 0 Å². The van der Waals surface area contributed by atoms with E-state index in [1.807, 2.05) is 6.07 Å². The summed E-state index contributed by atoms with van der Waals surface area (Å²) in [6, 6.07) is 13.4. The van der Waals surface area contributed by atoms with Crippen molar-refractivity contribution in [2.45, 2.75) is 0 Å². The van der Waals surface area contributed by atoms with E-state index < -0.39 is 6.03 Å². The molecule has 1 N–H and O–H groups in total. The molecule has 0 saturated heterocycles. The quantitative estimate of drug-likeness (QED) is 0.874. The minimum Gasteiger partial charge on any atom is -0.320 e. The van der Waals surface area contributed by atoms with Gasteiger partial charge in [-0.05, 0) is 24.3 Å². The van der Waals surface area contributed by atoms with Gasteiger partial charge in [-0.25, -0.2) is 4.79 Å². The lowest BCUT2D eigenvalue weighted by molar-refractivity contribution is 0.102. The molecule has 2 aromatic rings. The molecule has 1 aliphatic rings. The maximum Gasteiger partial charge on any atom is 0.368 e. The van der Waals surface area contributed by atoms with Gasteiger partial charge in [-0.15, -0.1) is 0 Å². The molecule has 1 aliphatic heterocycles. The number of hydrogen-bond acceptors (Lipinski definition) is 2. The van der Waals surface area contributed by atoms with Gasteiger partial charge in [0.2, 0.25) is 0 Å². The minimum absolute atomic E-state index is 0.247. The number of carbonyl (C=O) groups is 2. The molecule has 0 unspecified atom stereocenters. The second kappa shape index (κ2) is 4.45. The van der Waals surface area contributed by atoms with Crippen LogP contribution in [0.5, 0.6) is 0 Å². The first kappa shape index (κ1) is 11.3. The van der Waals surface area contributed by atoms with Crippen molar-refractivity contribution < 1.29 is 9.59 Å². The molecular formula is C14H9N3O2. The van der Waals surface area contributed by atoms with Gasteiger partial charge in [0.25, 0.3) is 5.91 Å². The maximum absolute atomic E-state index is 12.0. The van der Waals surface area contributed by atoms with Gasteiger partial charge in [0.15, 0.2) is 0 Å². The lowest BCUT2D eigenvalue weighted by atomic mass is 10.2. The summed E-state index contributed by atoms with van der Waals surface area (Å²) in [5.41, 5.74) is 1.03. The molecule has 0 fully saturated rings. The summed E-state index contributed by atoms with van der Waals surface area (Å²) in [6.45, 7) is 0. The predicted molar refractivity (Wildman–Crippen MR) is 68.5 cm³/mol. The topological polar surface area (TPSA) is 70.9 Å². The van der Waals surface area contributed by atoms with Gasteiger partial charge in [0.05, 0.1) is 11.0 Å². The Morgan fingerprint density at radius 2 is 1.74 bits per heavy atom.